The minimum Gasteiger partial charge on any atom is -0.460 e. The fourth-order valence-electron chi connectivity index (χ4n) is 13.0. The second-order valence-corrected chi connectivity index (χ2v) is 23.2. The van der Waals surface area contributed by atoms with Gasteiger partial charge in [0.05, 0.1) is 24.9 Å². The number of fused-ring (bicyclic) bond motifs is 3. The van der Waals surface area contributed by atoms with E-state index in [0.29, 0.717) is 75.7 Å². The molecule has 16 atom stereocenters. The number of allylic oxidation sites excluding steroid dienone is 6. The zero-order chi connectivity index (χ0) is 55.4. The second kappa shape index (κ2) is 28.3. The molecule has 5 heterocycles. The predicted octanol–water partition coefficient (Wildman–Crippen LogP) is 6.05. The first-order valence-corrected chi connectivity index (χ1v) is 28.2. The summed E-state index contributed by atoms with van der Waals surface area (Å²) in [6.07, 6.45) is 13.1. The standard InChI is InChI=1S/C59H90N2O15/c1-35-14-11-10-12-15-36(2)48(71-7)32-43-19-17-40(6)59(70,76-43)56(67)57(68)61-24-13-16-44-45(30-42-18-20-47(50(31-42)72-8)74-51(64)34-60-25-21-41(22-26-60)23-27-62)49(75-58(69)52(44)61)33-46(63)37(3)29-39(5)54(66)55(73-9)53(65)38(4)28-35/h10-12,14-15,29,35,37-38,40-45,47-50,52,54-55,62,66,70H,13,16-28,30-34H2,1-9H3/b12-10+,14-11+,36-15?,39-29+/t35-,37-,38-,40-,42+,43+,44?,45+,47-,48+,49+,50-,52+,54-,55+,59-/m1/s1. The summed E-state index contributed by atoms with van der Waals surface area (Å²) in [5.74, 6) is -8.69. The van der Waals surface area contributed by atoms with Crippen LogP contribution in [0.5, 0.6) is 0 Å². The summed E-state index contributed by atoms with van der Waals surface area (Å²) >= 11 is 0. The SMILES string of the molecule is CO[C@H]1C[C@@H]2CC[C@@H](C)[C@@](O)(O2)C(=O)C(=O)N2CCCC3[C@H]2C(=O)O[C@@H](CC(=O)[C@H](C)/C=C(\C)[C@@H](O)[C@@H](OC)C(=O)[C@H](C)C[C@H](C)/C=C/C=C/C=C1C)[C@H]3C[C@@H]1CC[C@@H](OC(=O)CN2CCC(CCO)CC2)[C@H](OC)C1. The van der Waals surface area contributed by atoms with Crippen molar-refractivity contribution in [1.82, 2.24) is 9.80 Å². The van der Waals surface area contributed by atoms with Gasteiger partial charge in [-0.2, -0.15) is 0 Å². The number of carbonyl (C=O) groups is 6. The smallest absolute Gasteiger partial charge is 0.329 e. The van der Waals surface area contributed by atoms with Crippen molar-refractivity contribution in [2.75, 3.05) is 54.1 Å². The molecule has 0 spiro atoms. The highest BCUT2D eigenvalue weighted by Crippen LogP contribution is 2.46. The number of esters is 2. The van der Waals surface area contributed by atoms with Crippen molar-refractivity contribution >= 4 is 35.2 Å². The van der Waals surface area contributed by atoms with Gasteiger partial charge in [0.15, 0.2) is 5.78 Å². The second-order valence-electron chi connectivity index (χ2n) is 23.2. The maximum absolute atomic E-state index is 14.7. The fourth-order valence-corrected chi connectivity index (χ4v) is 13.0. The normalized spacial score (nSPS) is 39.2. The van der Waals surface area contributed by atoms with E-state index in [-0.39, 0.29) is 55.5 Å². The number of aliphatic hydroxyl groups is 3. The van der Waals surface area contributed by atoms with Crippen LogP contribution in [-0.4, -0.2) is 169 Å². The number of amides is 1. The van der Waals surface area contributed by atoms with Crippen LogP contribution < -0.4 is 0 Å². The van der Waals surface area contributed by atoms with Crippen LogP contribution in [0.2, 0.25) is 0 Å². The van der Waals surface area contributed by atoms with Gasteiger partial charge in [-0.15, -0.1) is 0 Å². The van der Waals surface area contributed by atoms with Gasteiger partial charge in [0, 0.05) is 71.0 Å². The summed E-state index contributed by atoms with van der Waals surface area (Å²) in [4.78, 5) is 88.5. The van der Waals surface area contributed by atoms with Crippen molar-refractivity contribution in [2.45, 2.75) is 186 Å². The Balaban J connectivity index is 1.28. The largest absolute Gasteiger partial charge is 0.460 e. The van der Waals surface area contributed by atoms with Gasteiger partial charge in [0.2, 0.25) is 5.79 Å². The van der Waals surface area contributed by atoms with E-state index in [1.807, 2.05) is 51.2 Å². The molecular weight excluding hydrogens is 977 g/mol. The Labute approximate surface area is 451 Å². The Kier molecular flexibility index (Phi) is 22.8. The summed E-state index contributed by atoms with van der Waals surface area (Å²) < 4.78 is 36.1. The predicted molar refractivity (Wildman–Crippen MR) is 283 cm³/mol. The molecular formula is C59H90N2O15. The molecule has 426 valence electrons. The zero-order valence-electron chi connectivity index (χ0n) is 46.8. The van der Waals surface area contributed by atoms with Gasteiger partial charge in [0.25, 0.3) is 11.7 Å². The van der Waals surface area contributed by atoms with E-state index in [1.165, 1.54) is 12.0 Å². The number of ketones is 3. The van der Waals surface area contributed by atoms with E-state index in [4.69, 9.17) is 28.4 Å². The van der Waals surface area contributed by atoms with Gasteiger partial charge in [0.1, 0.15) is 36.2 Å². The molecule has 17 nitrogen and oxygen atoms in total. The van der Waals surface area contributed by atoms with Gasteiger partial charge in [-0.1, -0.05) is 64.2 Å². The van der Waals surface area contributed by atoms with Crippen LogP contribution in [0, 0.1) is 47.3 Å². The topological polar surface area (TPSA) is 225 Å². The average Bonchev–Trinajstić information content (AvgIpc) is 3.39. The van der Waals surface area contributed by atoms with Gasteiger partial charge >= 0.3 is 11.9 Å². The number of likely N-dealkylation sites (tertiary alicyclic amines) is 1. The van der Waals surface area contributed by atoms with Crippen LogP contribution in [0.4, 0.5) is 0 Å². The van der Waals surface area contributed by atoms with E-state index in [2.05, 4.69) is 4.90 Å². The summed E-state index contributed by atoms with van der Waals surface area (Å²) in [6, 6.07) is -1.17. The Morgan fingerprint density at radius 3 is 2.24 bits per heavy atom. The molecule has 5 aliphatic heterocycles. The van der Waals surface area contributed by atoms with Crippen LogP contribution in [0.25, 0.3) is 0 Å². The van der Waals surface area contributed by atoms with Gasteiger partial charge < -0.3 is 48.6 Å². The molecule has 1 saturated carbocycles. The Morgan fingerprint density at radius 2 is 1.55 bits per heavy atom. The fraction of sp³-hybridized carbons (Fsp3) is 0.763. The first-order valence-electron chi connectivity index (χ1n) is 28.2. The highest BCUT2D eigenvalue weighted by Gasteiger charge is 2.57. The van der Waals surface area contributed by atoms with E-state index >= 15 is 0 Å². The molecule has 6 aliphatic rings. The number of rotatable bonds is 10. The third-order valence-electron chi connectivity index (χ3n) is 17.8. The molecule has 76 heavy (non-hydrogen) atoms. The van der Waals surface area contributed by atoms with Crippen molar-refractivity contribution in [2.24, 2.45) is 47.3 Å². The molecule has 6 rings (SSSR count). The third kappa shape index (κ3) is 15.2. The molecule has 0 aromatic rings. The first kappa shape index (κ1) is 61.3. The molecule has 4 saturated heterocycles. The molecule has 1 aliphatic carbocycles. The van der Waals surface area contributed by atoms with E-state index in [0.717, 1.165) is 37.9 Å². The zero-order valence-corrected chi connectivity index (χ0v) is 46.8. The van der Waals surface area contributed by atoms with Crippen molar-refractivity contribution in [3.05, 3.63) is 47.6 Å². The lowest BCUT2D eigenvalue weighted by molar-refractivity contribution is -0.266. The highest BCUT2D eigenvalue weighted by atomic mass is 16.6. The number of carbonyl (C=O) groups excluding carboxylic acids is 6. The molecule has 6 bridgehead atoms. The number of hydrogen-bond acceptors (Lipinski definition) is 16. The summed E-state index contributed by atoms with van der Waals surface area (Å²) in [6.45, 7) is 12.7. The monoisotopic (exact) mass is 1070 g/mol. The first-order chi connectivity index (χ1) is 36.2. The Morgan fingerprint density at radius 1 is 0.816 bits per heavy atom. The maximum Gasteiger partial charge on any atom is 0.329 e. The summed E-state index contributed by atoms with van der Waals surface area (Å²) in [5.41, 5.74) is 1.25. The number of Topliss-reactive ketones (excluding diaryl/α,β-unsaturated/α-hetero) is 3. The molecule has 0 aromatic carbocycles. The summed E-state index contributed by atoms with van der Waals surface area (Å²) in [7, 11) is 4.55. The Hall–Kier alpha value is -3.94. The number of piperidine rings is 2. The van der Waals surface area contributed by atoms with Crippen molar-refractivity contribution in [3.63, 3.8) is 0 Å². The van der Waals surface area contributed by atoms with Gasteiger partial charge in [-0.3, -0.25) is 28.9 Å². The quantitative estimate of drug-likeness (QED) is 0.129. The van der Waals surface area contributed by atoms with Crippen LogP contribution in [0.15, 0.2) is 47.6 Å². The number of hydrogen-bond donors (Lipinski definition) is 3. The number of ether oxygens (including phenoxy) is 6. The molecule has 17 heteroatoms. The van der Waals surface area contributed by atoms with Crippen molar-refractivity contribution < 1.29 is 72.5 Å². The molecule has 5 fully saturated rings. The van der Waals surface area contributed by atoms with E-state index in [1.54, 1.807) is 41.1 Å². The van der Waals surface area contributed by atoms with Crippen LogP contribution in [-0.2, 0) is 57.2 Å². The number of aliphatic hydroxyl groups excluding tert-OH is 2. The maximum atomic E-state index is 14.7. The van der Waals surface area contributed by atoms with Gasteiger partial charge in [-0.25, -0.2) is 4.79 Å². The lowest BCUT2D eigenvalue weighted by Crippen LogP contribution is -2.65. The van der Waals surface area contributed by atoms with Crippen LogP contribution in [0.1, 0.15) is 131 Å². The van der Waals surface area contributed by atoms with Crippen LogP contribution >= 0.6 is 0 Å². The molecule has 0 radical (unpaired) electrons. The lowest BCUT2D eigenvalue weighted by atomic mass is 9.68. The third-order valence-corrected chi connectivity index (χ3v) is 17.8. The van der Waals surface area contributed by atoms with Crippen LogP contribution in [0.3, 0.4) is 0 Å². The van der Waals surface area contributed by atoms with E-state index < -0.39 is 102 Å². The van der Waals surface area contributed by atoms with Gasteiger partial charge in [-0.05, 0) is 139 Å². The van der Waals surface area contributed by atoms with Crippen molar-refractivity contribution in [1.29, 1.82) is 0 Å². The molecule has 1 amide bonds. The highest BCUT2D eigenvalue weighted by molar-refractivity contribution is 6.39. The minimum absolute atomic E-state index is 0.00698. The molecule has 1 unspecified atom stereocenters. The molecule has 0 aromatic heterocycles. The molecule has 3 N–H and O–H groups in total. The number of nitrogens with zero attached hydrogens (tertiary/aromatic N) is 2. The summed E-state index contributed by atoms with van der Waals surface area (Å²) in [5, 5.41) is 33.1. The number of methoxy groups -OCH3 is 3. The van der Waals surface area contributed by atoms with E-state index in [9.17, 15) is 44.1 Å². The average molecular weight is 1070 g/mol. The lowest BCUT2D eigenvalue weighted by Gasteiger charge is -2.50. The Bertz CT molecular complexity index is 2130. The van der Waals surface area contributed by atoms with Crippen molar-refractivity contribution in [3.8, 4) is 0 Å². The minimum atomic E-state index is -2.46.